The molecule has 12 heavy (non-hydrogen) atoms. The van der Waals surface area contributed by atoms with Gasteiger partial charge in [0.15, 0.2) is 11.0 Å². The van der Waals surface area contributed by atoms with Crippen LogP contribution in [0.15, 0.2) is 6.07 Å². The molecule has 0 radical (unpaired) electrons. The number of halogens is 3. The molecule has 1 heterocycles. The lowest BCUT2D eigenvalue weighted by Crippen LogP contribution is -1.94. The maximum Gasteiger partial charge on any atom is 0.165 e. The number of hydrogen-bond acceptors (Lipinski definition) is 1. The normalized spacial score (nSPS) is 16.6. The monoisotopic (exact) mass is 297 g/mol. The van der Waals surface area contributed by atoms with Crippen LogP contribution in [-0.2, 0) is 0 Å². The molecule has 1 aromatic heterocycles. The van der Waals surface area contributed by atoms with E-state index in [9.17, 15) is 4.39 Å². The van der Waals surface area contributed by atoms with E-state index in [0.717, 1.165) is 22.1 Å². The van der Waals surface area contributed by atoms with Gasteiger partial charge in [-0.1, -0.05) is 11.6 Å². The SMILES string of the molecule is Fc1cc(I)c(C2CC2)nc1Cl. The van der Waals surface area contributed by atoms with Gasteiger partial charge in [0.2, 0.25) is 0 Å². The molecule has 4 heteroatoms. The van der Waals surface area contributed by atoms with E-state index in [-0.39, 0.29) is 5.15 Å². The minimum Gasteiger partial charge on any atom is -0.237 e. The largest absolute Gasteiger partial charge is 0.237 e. The Bertz CT molecular complexity index is 325. The van der Waals surface area contributed by atoms with Crippen molar-refractivity contribution in [2.45, 2.75) is 18.8 Å². The van der Waals surface area contributed by atoms with Crippen LogP contribution in [0, 0.1) is 9.39 Å². The van der Waals surface area contributed by atoms with Crippen molar-refractivity contribution in [3.63, 3.8) is 0 Å². The van der Waals surface area contributed by atoms with Crippen LogP contribution in [0.25, 0.3) is 0 Å². The van der Waals surface area contributed by atoms with E-state index in [4.69, 9.17) is 11.6 Å². The summed E-state index contributed by atoms with van der Waals surface area (Å²) in [6.07, 6.45) is 2.32. The molecular formula is C8H6ClFIN. The Kier molecular flexibility index (Phi) is 2.25. The maximum absolute atomic E-state index is 12.8. The minimum atomic E-state index is -0.425. The first-order valence-corrected chi connectivity index (χ1v) is 5.15. The maximum atomic E-state index is 12.8. The van der Waals surface area contributed by atoms with E-state index in [1.807, 2.05) is 0 Å². The zero-order chi connectivity index (χ0) is 8.72. The van der Waals surface area contributed by atoms with Gasteiger partial charge in [-0.15, -0.1) is 0 Å². The molecule has 0 aliphatic heterocycles. The summed E-state index contributed by atoms with van der Waals surface area (Å²) in [6, 6.07) is 1.45. The van der Waals surface area contributed by atoms with Gasteiger partial charge in [0.1, 0.15) is 0 Å². The highest BCUT2D eigenvalue weighted by Crippen LogP contribution is 2.41. The van der Waals surface area contributed by atoms with Crippen molar-refractivity contribution in [1.29, 1.82) is 0 Å². The van der Waals surface area contributed by atoms with E-state index in [1.54, 1.807) is 0 Å². The summed E-state index contributed by atoms with van der Waals surface area (Å²) in [4.78, 5) is 4.02. The molecule has 0 aromatic carbocycles. The smallest absolute Gasteiger partial charge is 0.165 e. The molecule has 1 aliphatic rings. The Balaban J connectivity index is 2.47. The van der Waals surface area contributed by atoms with Gasteiger partial charge in [0.05, 0.1) is 5.69 Å². The zero-order valence-corrected chi connectivity index (χ0v) is 9.06. The van der Waals surface area contributed by atoms with Gasteiger partial charge in [-0.3, -0.25) is 0 Å². The highest BCUT2D eigenvalue weighted by molar-refractivity contribution is 14.1. The summed E-state index contributed by atoms with van der Waals surface area (Å²) in [5, 5.41) is -0.00249. The van der Waals surface area contributed by atoms with Crippen LogP contribution >= 0.6 is 34.2 Å². The summed E-state index contributed by atoms with van der Waals surface area (Å²) in [5.41, 5.74) is 0.960. The molecule has 0 unspecified atom stereocenters. The third-order valence-corrected chi connectivity index (χ3v) is 3.01. The molecule has 0 atom stereocenters. The molecule has 1 aliphatic carbocycles. The third kappa shape index (κ3) is 1.57. The highest BCUT2D eigenvalue weighted by atomic mass is 127. The average molecular weight is 297 g/mol. The molecule has 1 aromatic rings. The van der Waals surface area contributed by atoms with Crippen molar-refractivity contribution in [2.24, 2.45) is 0 Å². The van der Waals surface area contributed by atoms with Crippen LogP contribution in [0.1, 0.15) is 24.5 Å². The minimum absolute atomic E-state index is 0.00249. The first kappa shape index (κ1) is 8.69. The molecule has 0 amide bonds. The van der Waals surface area contributed by atoms with Crippen LogP contribution in [-0.4, -0.2) is 4.98 Å². The molecule has 2 rings (SSSR count). The molecule has 1 saturated carbocycles. The van der Waals surface area contributed by atoms with E-state index >= 15 is 0 Å². The molecule has 0 N–H and O–H groups in total. The van der Waals surface area contributed by atoms with Crippen molar-refractivity contribution in [2.75, 3.05) is 0 Å². The first-order chi connectivity index (χ1) is 5.68. The second-order valence-electron chi connectivity index (χ2n) is 2.90. The lowest BCUT2D eigenvalue weighted by Gasteiger charge is -2.02. The quantitative estimate of drug-likeness (QED) is 0.572. The van der Waals surface area contributed by atoms with Crippen molar-refractivity contribution in [3.05, 3.63) is 26.3 Å². The standard InChI is InChI=1S/C8H6ClFIN/c9-8-5(10)3-6(11)7(12-8)4-1-2-4/h3-4H,1-2H2. The Morgan fingerprint density at radius 3 is 2.83 bits per heavy atom. The predicted octanol–water partition coefficient (Wildman–Crippen LogP) is 3.36. The van der Waals surface area contributed by atoms with E-state index in [1.165, 1.54) is 6.07 Å². The number of aromatic nitrogens is 1. The lowest BCUT2D eigenvalue weighted by molar-refractivity contribution is 0.618. The first-order valence-electron chi connectivity index (χ1n) is 3.70. The topological polar surface area (TPSA) is 12.9 Å². The summed E-state index contributed by atoms with van der Waals surface area (Å²) in [6.45, 7) is 0. The van der Waals surface area contributed by atoms with E-state index < -0.39 is 5.82 Å². The lowest BCUT2D eigenvalue weighted by atomic mass is 10.2. The molecule has 0 bridgehead atoms. The van der Waals surface area contributed by atoms with E-state index in [2.05, 4.69) is 27.6 Å². The fraction of sp³-hybridized carbons (Fsp3) is 0.375. The fourth-order valence-corrected chi connectivity index (χ4v) is 2.08. The van der Waals surface area contributed by atoms with Gasteiger partial charge < -0.3 is 0 Å². The van der Waals surface area contributed by atoms with Crippen molar-refractivity contribution >= 4 is 34.2 Å². The number of hydrogen-bond donors (Lipinski definition) is 0. The van der Waals surface area contributed by atoms with Crippen LogP contribution in [0.5, 0.6) is 0 Å². The van der Waals surface area contributed by atoms with Crippen LogP contribution in [0.3, 0.4) is 0 Å². The Morgan fingerprint density at radius 2 is 2.25 bits per heavy atom. The molecule has 0 spiro atoms. The zero-order valence-electron chi connectivity index (χ0n) is 6.15. The van der Waals surface area contributed by atoms with Crippen molar-refractivity contribution in [1.82, 2.24) is 4.98 Å². The van der Waals surface area contributed by atoms with Gasteiger partial charge in [0.25, 0.3) is 0 Å². The Hall–Kier alpha value is 0.1000. The molecular weight excluding hydrogens is 291 g/mol. The molecule has 1 fully saturated rings. The Morgan fingerprint density at radius 1 is 1.58 bits per heavy atom. The van der Waals surface area contributed by atoms with Crippen LogP contribution in [0.4, 0.5) is 4.39 Å². The average Bonchev–Trinajstić information content (AvgIpc) is 2.79. The predicted molar refractivity (Wildman–Crippen MR) is 53.9 cm³/mol. The molecule has 1 nitrogen and oxygen atoms in total. The van der Waals surface area contributed by atoms with Crippen molar-refractivity contribution < 1.29 is 4.39 Å². The fourth-order valence-electron chi connectivity index (χ4n) is 1.10. The summed E-state index contributed by atoms with van der Waals surface area (Å²) in [7, 11) is 0. The summed E-state index contributed by atoms with van der Waals surface area (Å²) >= 11 is 7.66. The van der Waals surface area contributed by atoms with Crippen LogP contribution < -0.4 is 0 Å². The van der Waals surface area contributed by atoms with Gasteiger partial charge in [0, 0.05) is 9.49 Å². The Labute approximate surface area is 88.5 Å². The van der Waals surface area contributed by atoms with E-state index in [0.29, 0.717) is 5.92 Å². The summed E-state index contributed by atoms with van der Waals surface area (Å²) in [5.74, 6) is 0.0977. The highest BCUT2D eigenvalue weighted by Gasteiger charge is 2.27. The summed E-state index contributed by atoms with van der Waals surface area (Å²) < 4.78 is 13.7. The molecule has 64 valence electrons. The van der Waals surface area contributed by atoms with Gasteiger partial charge in [-0.05, 0) is 41.5 Å². The van der Waals surface area contributed by atoms with Gasteiger partial charge in [-0.2, -0.15) is 0 Å². The van der Waals surface area contributed by atoms with Gasteiger partial charge in [-0.25, -0.2) is 9.37 Å². The van der Waals surface area contributed by atoms with Crippen LogP contribution in [0.2, 0.25) is 5.15 Å². The van der Waals surface area contributed by atoms with Gasteiger partial charge >= 0.3 is 0 Å². The second kappa shape index (κ2) is 3.10. The molecule has 0 saturated heterocycles. The third-order valence-electron chi connectivity index (χ3n) is 1.88. The number of pyridine rings is 1. The second-order valence-corrected chi connectivity index (χ2v) is 4.42. The number of nitrogens with zero attached hydrogens (tertiary/aromatic N) is 1. The number of rotatable bonds is 1. The van der Waals surface area contributed by atoms with Crippen molar-refractivity contribution in [3.8, 4) is 0 Å².